The Balaban J connectivity index is 1.43. The zero-order valence-corrected chi connectivity index (χ0v) is 13.1. The molecule has 5 nitrogen and oxygen atoms in total. The quantitative estimate of drug-likeness (QED) is 0.806. The average Bonchev–Trinajstić information content (AvgIpc) is 3.24. The molecule has 1 saturated heterocycles. The zero-order valence-electron chi connectivity index (χ0n) is 13.1. The Morgan fingerprint density at radius 1 is 1.25 bits per heavy atom. The minimum Gasteiger partial charge on any atom is -0.343 e. The molecule has 24 heavy (non-hydrogen) atoms. The Hall–Kier alpha value is -2.76. The summed E-state index contributed by atoms with van der Waals surface area (Å²) in [6.07, 6.45) is 3.38. The lowest BCUT2D eigenvalue weighted by atomic mass is 9.99. The molecular weight excluding hydrogens is 307 g/mol. The summed E-state index contributed by atoms with van der Waals surface area (Å²) in [5.41, 5.74) is 2.91. The number of likely N-dealkylation sites (tertiary alicyclic amines) is 1. The maximum atomic E-state index is 13.0. The Kier molecular flexibility index (Phi) is 3.72. The molecule has 0 saturated carbocycles. The third kappa shape index (κ3) is 2.87. The SMILES string of the molecule is O=C(c1ccc2[nH]cnc2n1)N1CCC(Cc2ccc(F)cc2)C1. The van der Waals surface area contributed by atoms with E-state index in [-0.39, 0.29) is 11.7 Å². The van der Waals surface area contributed by atoms with Crippen LogP contribution in [0.5, 0.6) is 0 Å². The summed E-state index contributed by atoms with van der Waals surface area (Å²) in [4.78, 5) is 25.9. The number of aromatic nitrogens is 3. The highest BCUT2D eigenvalue weighted by atomic mass is 19.1. The minimum atomic E-state index is -0.221. The van der Waals surface area contributed by atoms with Gasteiger partial charge in [0.05, 0.1) is 11.8 Å². The average molecular weight is 324 g/mol. The van der Waals surface area contributed by atoms with Crippen molar-refractivity contribution in [1.29, 1.82) is 0 Å². The first-order valence-corrected chi connectivity index (χ1v) is 8.03. The number of carbonyl (C=O) groups is 1. The van der Waals surface area contributed by atoms with E-state index in [2.05, 4.69) is 15.0 Å². The number of benzene rings is 1. The molecule has 1 N–H and O–H groups in total. The predicted molar refractivity (Wildman–Crippen MR) is 88.0 cm³/mol. The van der Waals surface area contributed by atoms with Gasteiger partial charge in [-0.2, -0.15) is 0 Å². The molecular formula is C18H17FN4O. The van der Waals surface area contributed by atoms with Crippen LogP contribution in [-0.2, 0) is 6.42 Å². The number of carbonyl (C=O) groups excluding carboxylic acids is 1. The highest BCUT2D eigenvalue weighted by molar-refractivity contribution is 5.94. The Bertz CT molecular complexity index is 874. The van der Waals surface area contributed by atoms with Gasteiger partial charge in [0.15, 0.2) is 5.65 Å². The van der Waals surface area contributed by atoms with Crippen LogP contribution in [0, 0.1) is 11.7 Å². The summed E-state index contributed by atoms with van der Waals surface area (Å²) in [6.45, 7) is 1.43. The van der Waals surface area contributed by atoms with Gasteiger partial charge in [-0.05, 0) is 48.6 Å². The fourth-order valence-corrected chi connectivity index (χ4v) is 3.24. The van der Waals surface area contributed by atoms with Crippen LogP contribution >= 0.6 is 0 Å². The largest absolute Gasteiger partial charge is 0.343 e. The van der Waals surface area contributed by atoms with Crippen molar-refractivity contribution in [2.45, 2.75) is 12.8 Å². The lowest BCUT2D eigenvalue weighted by molar-refractivity contribution is 0.0781. The third-order valence-electron chi connectivity index (χ3n) is 4.51. The number of fused-ring (bicyclic) bond motifs is 1. The van der Waals surface area contributed by atoms with Gasteiger partial charge >= 0.3 is 0 Å². The molecule has 1 aliphatic heterocycles. The normalized spacial score (nSPS) is 17.5. The van der Waals surface area contributed by atoms with Crippen molar-refractivity contribution in [3.63, 3.8) is 0 Å². The molecule has 0 aliphatic carbocycles. The van der Waals surface area contributed by atoms with Crippen LogP contribution in [-0.4, -0.2) is 38.8 Å². The summed E-state index contributed by atoms with van der Waals surface area (Å²) in [5.74, 6) is 0.122. The van der Waals surface area contributed by atoms with Crippen LogP contribution in [0.1, 0.15) is 22.5 Å². The molecule has 2 aromatic heterocycles. The fraction of sp³-hybridized carbons (Fsp3) is 0.278. The van der Waals surface area contributed by atoms with E-state index in [1.807, 2.05) is 23.1 Å². The van der Waals surface area contributed by atoms with Gasteiger partial charge in [0.2, 0.25) is 0 Å². The number of H-pyrrole nitrogens is 1. The second-order valence-electron chi connectivity index (χ2n) is 6.21. The summed E-state index contributed by atoms with van der Waals surface area (Å²) < 4.78 is 13.0. The van der Waals surface area contributed by atoms with Gasteiger partial charge in [-0.25, -0.2) is 14.4 Å². The molecule has 1 unspecified atom stereocenters. The number of aromatic amines is 1. The van der Waals surface area contributed by atoms with Crippen molar-refractivity contribution in [2.24, 2.45) is 5.92 Å². The minimum absolute atomic E-state index is 0.0542. The standard InChI is InChI=1S/C18H17FN4O/c19-14-3-1-12(2-4-14)9-13-7-8-23(10-13)18(24)16-6-5-15-17(22-16)21-11-20-15/h1-6,11,13H,7-10H2,(H,20,21,22). The lowest BCUT2D eigenvalue weighted by Crippen LogP contribution is -2.29. The molecule has 1 aliphatic rings. The van der Waals surface area contributed by atoms with E-state index in [4.69, 9.17) is 0 Å². The monoisotopic (exact) mass is 324 g/mol. The molecule has 0 radical (unpaired) electrons. The first-order chi connectivity index (χ1) is 11.7. The number of imidazole rings is 1. The molecule has 3 aromatic rings. The first kappa shape index (κ1) is 14.8. The third-order valence-corrected chi connectivity index (χ3v) is 4.51. The highest BCUT2D eigenvalue weighted by Crippen LogP contribution is 2.22. The Labute approximate surface area is 138 Å². The number of rotatable bonds is 3. The molecule has 1 atom stereocenters. The van der Waals surface area contributed by atoms with Gasteiger partial charge in [0, 0.05) is 13.1 Å². The smallest absolute Gasteiger partial charge is 0.272 e. The van der Waals surface area contributed by atoms with Crippen molar-refractivity contribution in [3.8, 4) is 0 Å². The molecule has 6 heteroatoms. The summed E-state index contributed by atoms with van der Waals surface area (Å²) in [5, 5.41) is 0. The highest BCUT2D eigenvalue weighted by Gasteiger charge is 2.27. The maximum Gasteiger partial charge on any atom is 0.272 e. The van der Waals surface area contributed by atoms with Gasteiger partial charge in [-0.1, -0.05) is 12.1 Å². The van der Waals surface area contributed by atoms with Gasteiger partial charge in [0.25, 0.3) is 5.91 Å². The zero-order chi connectivity index (χ0) is 16.5. The Morgan fingerprint density at radius 3 is 2.92 bits per heavy atom. The maximum absolute atomic E-state index is 13.0. The van der Waals surface area contributed by atoms with Crippen LogP contribution < -0.4 is 0 Å². The number of nitrogens with zero attached hydrogens (tertiary/aromatic N) is 3. The van der Waals surface area contributed by atoms with Crippen LogP contribution in [0.2, 0.25) is 0 Å². The van der Waals surface area contributed by atoms with Crippen molar-refractivity contribution in [3.05, 3.63) is 59.8 Å². The molecule has 0 bridgehead atoms. The lowest BCUT2D eigenvalue weighted by Gasteiger charge is -2.16. The topological polar surface area (TPSA) is 61.9 Å². The number of hydrogen-bond acceptors (Lipinski definition) is 3. The van der Waals surface area contributed by atoms with E-state index in [9.17, 15) is 9.18 Å². The molecule has 1 fully saturated rings. The molecule has 122 valence electrons. The number of amides is 1. The molecule has 3 heterocycles. The van der Waals surface area contributed by atoms with Crippen molar-refractivity contribution < 1.29 is 9.18 Å². The Morgan fingerprint density at radius 2 is 2.08 bits per heavy atom. The van der Waals surface area contributed by atoms with Crippen LogP contribution in [0.4, 0.5) is 4.39 Å². The van der Waals surface area contributed by atoms with Gasteiger partial charge < -0.3 is 9.88 Å². The van der Waals surface area contributed by atoms with Gasteiger partial charge in [-0.15, -0.1) is 0 Å². The van der Waals surface area contributed by atoms with Crippen LogP contribution in [0.15, 0.2) is 42.7 Å². The van der Waals surface area contributed by atoms with Crippen molar-refractivity contribution in [1.82, 2.24) is 19.9 Å². The van der Waals surface area contributed by atoms with Crippen LogP contribution in [0.25, 0.3) is 11.2 Å². The molecule has 0 spiro atoms. The number of hydrogen-bond donors (Lipinski definition) is 1. The summed E-state index contributed by atoms with van der Waals surface area (Å²) in [7, 11) is 0. The number of nitrogens with one attached hydrogen (secondary N) is 1. The van der Waals surface area contributed by atoms with Gasteiger partial charge in [0.1, 0.15) is 11.5 Å². The molecule has 1 aromatic carbocycles. The van der Waals surface area contributed by atoms with E-state index < -0.39 is 0 Å². The van der Waals surface area contributed by atoms with Gasteiger partial charge in [-0.3, -0.25) is 4.79 Å². The number of halogens is 1. The van der Waals surface area contributed by atoms with E-state index in [1.54, 1.807) is 12.4 Å². The first-order valence-electron chi connectivity index (χ1n) is 8.03. The van der Waals surface area contributed by atoms with Crippen molar-refractivity contribution in [2.75, 3.05) is 13.1 Å². The van der Waals surface area contributed by atoms with E-state index in [0.717, 1.165) is 30.5 Å². The fourth-order valence-electron chi connectivity index (χ4n) is 3.24. The van der Waals surface area contributed by atoms with Crippen LogP contribution in [0.3, 0.4) is 0 Å². The van der Waals surface area contributed by atoms with Crippen molar-refractivity contribution >= 4 is 17.1 Å². The predicted octanol–water partition coefficient (Wildman–Crippen LogP) is 2.80. The van der Waals surface area contributed by atoms with E-state index in [0.29, 0.717) is 23.8 Å². The second kappa shape index (κ2) is 6.03. The second-order valence-corrected chi connectivity index (χ2v) is 6.21. The van der Waals surface area contributed by atoms with E-state index >= 15 is 0 Å². The summed E-state index contributed by atoms with van der Waals surface area (Å²) >= 11 is 0. The van der Waals surface area contributed by atoms with E-state index in [1.165, 1.54) is 12.1 Å². The molecule has 4 rings (SSSR count). The summed E-state index contributed by atoms with van der Waals surface area (Å²) in [6, 6.07) is 10.1. The number of pyridine rings is 1. The molecule has 1 amide bonds.